The molecule has 0 amide bonds. The smallest absolute Gasteiger partial charge is 0.0442 e. The third-order valence-electron chi connectivity index (χ3n) is 1.53. The number of allylic oxidation sites excluding steroid dienone is 2. The van der Waals surface area contributed by atoms with Crippen molar-refractivity contribution in [2.45, 2.75) is 45.5 Å². The minimum atomic E-state index is -0.741. The SMILES string of the molecule is C/C=C/CCC[Si](C)(C)C. The summed E-state index contributed by atoms with van der Waals surface area (Å²) in [5.74, 6) is 0. The van der Waals surface area contributed by atoms with E-state index in [4.69, 9.17) is 0 Å². The van der Waals surface area contributed by atoms with Gasteiger partial charge >= 0.3 is 0 Å². The Morgan fingerprint density at radius 1 is 1.20 bits per heavy atom. The number of hydrogen-bond acceptors (Lipinski definition) is 0. The molecule has 0 aromatic rings. The lowest BCUT2D eigenvalue weighted by molar-refractivity contribution is 0.933. The Balaban J connectivity index is 3.20. The molecular formula is C9H20Si. The number of rotatable bonds is 4. The molecule has 0 bridgehead atoms. The van der Waals surface area contributed by atoms with Crippen molar-refractivity contribution in [1.82, 2.24) is 0 Å². The molecule has 0 N–H and O–H groups in total. The van der Waals surface area contributed by atoms with E-state index < -0.39 is 8.07 Å². The topological polar surface area (TPSA) is 0 Å². The first kappa shape index (κ1) is 9.96. The van der Waals surface area contributed by atoms with Crippen LogP contribution in [-0.2, 0) is 0 Å². The normalized spacial score (nSPS) is 12.8. The van der Waals surface area contributed by atoms with Crippen LogP contribution in [0.1, 0.15) is 19.8 Å². The van der Waals surface area contributed by atoms with Crippen molar-refractivity contribution in [3.63, 3.8) is 0 Å². The first-order chi connectivity index (χ1) is 4.56. The van der Waals surface area contributed by atoms with Gasteiger partial charge in [0.05, 0.1) is 0 Å². The third kappa shape index (κ3) is 7.96. The van der Waals surface area contributed by atoms with Crippen molar-refractivity contribution in [3.8, 4) is 0 Å². The molecule has 0 unspecified atom stereocenters. The van der Waals surface area contributed by atoms with Crippen LogP contribution >= 0.6 is 0 Å². The van der Waals surface area contributed by atoms with Gasteiger partial charge in [0.1, 0.15) is 0 Å². The molecule has 0 atom stereocenters. The average Bonchev–Trinajstić information content (AvgIpc) is 1.78. The lowest BCUT2D eigenvalue weighted by Crippen LogP contribution is -2.18. The molecule has 0 aromatic carbocycles. The molecule has 0 aromatic heterocycles. The minimum Gasteiger partial charge on any atom is -0.0917 e. The fraction of sp³-hybridized carbons (Fsp3) is 0.778. The highest BCUT2D eigenvalue weighted by Crippen LogP contribution is 2.12. The first-order valence-corrected chi connectivity index (χ1v) is 7.88. The third-order valence-corrected chi connectivity index (χ3v) is 3.39. The van der Waals surface area contributed by atoms with Crippen LogP contribution in [0.25, 0.3) is 0 Å². The molecule has 0 radical (unpaired) electrons. The largest absolute Gasteiger partial charge is 0.0917 e. The summed E-state index contributed by atoms with van der Waals surface area (Å²) < 4.78 is 0. The van der Waals surface area contributed by atoms with E-state index in [1.165, 1.54) is 18.9 Å². The van der Waals surface area contributed by atoms with Crippen molar-refractivity contribution in [3.05, 3.63) is 12.2 Å². The van der Waals surface area contributed by atoms with Crippen molar-refractivity contribution in [2.24, 2.45) is 0 Å². The van der Waals surface area contributed by atoms with Crippen LogP contribution in [0.5, 0.6) is 0 Å². The Morgan fingerprint density at radius 2 is 1.80 bits per heavy atom. The van der Waals surface area contributed by atoms with Gasteiger partial charge in [-0.2, -0.15) is 0 Å². The second-order valence-electron chi connectivity index (χ2n) is 4.02. The molecule has 0 spiro atoms. The van der Waals surface area contributed by atoms with Crippen molar-refractivity contribution in [2.75, 3.05) is 0 Å². The van der Waals surface area contributed by atoms with Crippen LogP contribution in [0, 0.1) is 0 Å². The quantitative estimate of drug-likeness (QED) is 0.331. The first-order valence-electron chi connectivity index (χ1n) is 4.17. The van der Waals surface area contributed by atoms with Crippen molar-refractivity contribution < 1.29 is 0 Å². The van der Waals surface area contributed by atoms with Crippen LogP contribution in [0.2, 0.25) is 25.7 Å². The van der Waals surface area contributed by atoms with Gasteiger partial charge in [-0.05, 0) is 13.3 Å². The highest BCUT2D eigenvalue weighted by Gasteiger charge is 2.10. The van der Waals surface area contributed by atoms with Gasteiger partial charge in [-0.25, -0.2) is 0 Å². The van der Waals surface area contributed by atoms with E-state index in [1.807, 2.05) is 0 Å². The Morgan fingerprint density at radius 3 is 2.20 bits per heavy atom. The van der Waals surface area contributed by atoms with Gasteiger partial charge in [0, 0.05) is 8.07 Å². The minimum absolute atomic E-state index is 0.741. The second-order valence-corrected chi connectivity index (χ2v) is 9.64. The van der Waals surface area contributed by atoms with E-state index >= 15 is 0 Å². The van der Waals surface area contributed by atoms with E-state index in [0.29, 0.717) is 0 Å². The van der Waals surface area contributed by atoms with E-state index in [9.17, 15) is 0 Å². The maximum Gasteiger partial charge on any atom is 0.0442 e. The Labute approximate surface area is 66.4 Å². The second kappa shape index (κ2) is 4.72. The Kier molecular flexibility index (Phi) is 4.70. The zero-order valence-corrected chi connectivity index (χ0v) is 8.78. The standard InChI is InChI=1S/C9H20Si/c1-5-6-7-8-9-10(2,3)4/h5-6H,7-9H2,1-4H3/b6-5+. The van der Waals surface area contributed by atoms with Gasteiger partial charge < -0.3 is 0 Å². The molecule has 0 aliphatic carbocycles. The average molecular weight is 156 g/mol. The lowest BCUT2D eigenvalue weighted by Gasteiger charge is -2.13. The molecule has 0 nitrogen and oxygen atoms in total. The summed E-state index contributed by atoms with van der Waals surface area (Å²) in [6.45, 7) is 9.39. The number of hydrogen-bond donors (Lipinski definition) is 0. The molecule has 10 heavy (non-hydrogen) atoms. The summed E-state index contributed by atoms with van der Waals surface area (Å²) in [5, 5.41) is 0. The van der Waals surface area contributed by atoms with Gasteiger partial charge in [0.15, 0.2) is 0 Å². The highest BCUT2D eigenvalue weighted by molar-refractivity contribution is 6.76. The molecule has 0 saturated carbocycles. The molecule has 0 aliphatic rings. The fourth-order valence-corrected chi connectivity index (χ4v) is 2.18. The summed E-state index contributed by atoms with van der Waals surface area (Å²) in [6.07, 6.45) is 7.07. The predicted octanol–water partition coefficient (Wildman–Crippen LogP) is 3.68. The Bertz CT molecular complexity index is 97.8. The predicted molar refractivity (Wildman–Crippen MR) is 52.2 cm³/mol. The maximum atomic E-state index is 2.43. The molecule has 1 heteroatoms. The lowest BCUT2D eigenvalue weighted by atomic mass is 10.3. The fourth-order valence-electron chi connectivity index (χ4n) is 0.917. The Hall–Kier alpha value is -0.0431. The summed E-state index contributed by atoms with van der Waals surface area (Å²) >= 11 is 0. The van der Waals surface area contributed by atoms with E-state index in [0.717, 1.165) is 0 Å². The van der Waals surface area contributed by atoms with E-state index in [2.05, 4.69) is 38.7 Å². The van der Waals surface area contributed by atoms with E-state index in [-0.39, 0.29) is 0 Å². The summed E-state index contributed by atoms with van der Waals surface area (Å²) in [5.41, 5.74) is 0. The van der Waals surface area contributed by atoms with Crippen LogP contribution in [0.4, 0.5) is 0 Å². The molecule has 0 saturated heterocycles. The maximum absolute atomic E-state index is 2.43. The molecule has 0 heterocycles. The van der Waals surface area contributed by atoms with E-state index in [1.54, 1.807) is 0 Å². The summed E-state index contributed by atoms with van der Waals surface area (Å²) in [4.78, 5) is 0. The number of unbranched alkanes of at least 4 members (excludes halogenated alkanes) is 1. The zero-order valence-electron chi connectivity index (χ0n) is 7.78. The van der Waals surface area contributed by atoms with Gasteiger partial charge in [-0.1, -0.05) is 44.3 Å². The van der Waals surface area contributed by atoms with Crippen LogP contribution in [0.15, 0.2) is 12.2 Å². The molecule has 60 valence electrons. The van der Waals surface area contributed by atoms with Crippen LogP contribution in [-0.4, -0.2) is 8.07 Å². The van der Waals surface area contributed by atoms with Gasteiger partial charge in [0.25, 0.3) is 0 Å². The zero-order chi connectivity index (χ0) is 8.04. The summed E-state index contributed by atoms with van der Waals surface area (Å²) in [7, 11) is -0.741. The molecule has 0 aliphatic heterocycles. The van der Waals surface area contributed by atoms with Crippen LogP contribution in [0.3, 0.4) is 0 Å². The summed E-state index contributed by atoms with van der Waals surface area (Å²) in [6, 6.07) is 1.47. The van der Waals surface area contributed by atoms with Crippen molar-refractivity contribution in [1.29, 1.82) is 0 Å². The van der Waals surface area contributed by atoms with Gasteiger partial charge in [0.2, 0.25) is 0 Å². The highest BCUT2D eigenvalue weighted by atomic mass is 28.3. The monoisotopic (exact) mass is 156 g/mol. The molecule has 0 fully saturated rings. The molecule has 0 rings (SSSR count). The molecular weight excluding hydrogens is 136 g/mol. The van der Waals surface area contributed by atoms with Crippen molar-refractivity contribution >= 4 is 8.07 Å². The van der Waals surface area contributed by atoms with Gasteiger partial charge in [-0.15, -0.1) is 0 Å². The van der Waals surface area contributed by atoms with Crippen LogP contribution < -0.4 is 0 Å². The van der Waals surface area contributed by atoms with Gasteiger partial charge in [-0.3, -0.25) is 0 Å².